The molecule has 1 heterocycles. The van der Waals surface area contributed by atoms with Gasteiger partial charge in [-0.1, -0.05) is 19.8 Å². The fourth-order valence-electron chi connectivity index (χ4n) is 2.07. The van der Waals surface area contributed by atoms with Crippen molar-refractivity contribution in [2.24, 2.45) is 5.10 Å². The summed E-state index contributed by atoms with van der Waals surface area (Å²) in [6, 6.07) is 11.2. The molecule has 5 heteroatoms. The van der Waals surface area contributed by atoms with Crippen molar-refractivity contribution < 1.29 is 9.53 Å². The van der Waals surface area contributed by atoms with Crippen molar-refractivity contribution in [2.45, 2.75) is 33.1 Å². The maximum atomic E-state index is 11.8. The number of benzene rings is 1. The molecule has 0 radical (unpaired) electrons. The fraction of sp³-hybridized carbons (Fsp3) is 0.333. The number of amides is 1. The zero-order valence-corrected chi connectivity index (χ0v) is 13.6. The van der Waals surface area contributed by atoms with Crippen molar-refractivity contribution in [3.8, 4) is 5.75 Å². The van der Waals surface area contributed by atoms with Gasteiger partial charge in [0.2, 0.25) is 0 Å². The normalized spacial score (nSPS) is 11.3. The lowest BCUT2D eigenvalue weighted by Gasteiger charge is -2.07. The molecule has 5 nitrogen and oxygen atoms in total. The minimum Gasteiger partial charge on any atom is -0.494 e. The van der Waals surface area contributed by atoms with Crippen LogP contribution in [0.3, 0.4) is 0 Å². The van der Waals surface area contributed by atoms with Crippen molar-refractivity contribution in [1.29, 1.82) is 0 Å². The molecule has 122 valence electrons. The first-order valence-corrected chi connectivity index (χ1v) is 7.92. The van der Waals surface area contributed by atoms with Crippen LogP contribution in [-0.2, 0) is 0 Å². The van der Waals surface area contributed by atoms with E-state index in [4.69, 9.17) is 4.74 Å². The van der Waals surface area contributed by atoms with E-state index in [9.17, 15) is 4.79 Å². The van der Waals surface area contributed by atoms with Crippen LogP contribution in [-0.4, -0.2) is 23.2 Å². The van der Waals surface area contributed by atoms with E-state index in [1.807, 2.05) is 31.2 Å². The Hall–Kier alpha value is -2.56. The van der Waals surface area contributed by atoms with E-state index in [0.29, 0.717) is 5.69 Å². The van der Waals surface area contributed by atoms with Crippen molar-refractivity contribution in [3.05, 3.63) is 53.9 Å². The third-order valence-electron chi connectivity index (χ3n) is 3.46. The van der Waals surface area contributed by atoms with Crippen LogP contribution >= 0.6 is 0 Å². The summed E-state index contributed by atoms with van der Waals surface area (Å²) in [7, 11) is 0. The molecule has 0 aliphatic heterocycles. The number of carbonyl (C=O) groups is 1. The minimum absolute atomic E-state index is 0.259. The smallest absolute Gasteiger partial charge is 0.287 e. The van der Waals surface area contributed by atoms with Gasteiger partial charge in [0.1, 0.15) is 11.4 Å². The van der Waals surface area contributed by atoms with Crippen molar-refractivity contribution in [3.63, 3.8) is 0 Å². The molecule has 0 saturated heterocycles. The van der Waals surface area contributed by atoms with Gasteiger partial charge in [0.15, 0.2) is 0 Å². The standard InChI is InChI=1S/C18H23N3O2/c1-3-4-5-13-23-16-10-8-15(9-11-16)14(2)20-21-18(22)17-7-6-12-19-17/h6-12,19H,3-5,13H2,1-2H3,(H,21,22)/b20-14-. The summed E-state index contributed by atoms with van der Waals surface area (Å²) in [5.74, 6) is 0.596. The van der Waals surface area contributed by atoms with Crippen LogP contribution < -0.4 is 10.2 Å². The van der Waals surface area contributed by atoms with E-state index < -0.39 is 0 Å². The lowest BCUT2D eigenvalue weighted by Crippen LogP contribution is -2.19. The SMILES string of the molecule is CCCCCOc1ccc(/C(C)=N\NC(=O)c2ccc[nH]2)cc1. The third kappa shape index (κ3) is 5.29. The first kappa shape index (κ1) is 16.8. The second-order valence-corrected chi connectivity index (χ2v) is 5.30. The highest BCUT2D eigenvalue weighted by molar-refractivity contribution is 6.00. The van der Waals surface area contributed by atoms with Gasteiger partial charge in [-0.3, -0.25) is 4.79 Å². The van der Waals surface area contributed by atoms with Crippen LogP contribution in [0.25, 0.3) is 0 Å². The summed E-state index contributed by atoms with van der Waals surface area (Å²) < 4.78 is 5.68. The Labute approximate surface area is 136 Å². The quantitative estimate of drug-likeness (QED) is 0.443. The number of hydrogen-bond acceptors (Lipinski definition) is 3. The lowest BCUT2D eigenvalue weighted by molar-refractivity contribution is 0.0950. The van der Waals surface area contributed by atoms with Crippen molar-refractivity contribution >= 4 is 11.6 Å². The van der Waals surface area contributed by atoms with Gasteiger partial charge in [0, 0.05) is 6.20 Å². The van der Waals surface area contributed by atoms with Gasteiger partial charge in [-0.15, -0.1) is 0 Å². The first-order chi connectivity index (χ1) is 11.2. The molecule has 1 aromatic carbocycles. The number of H-pyrrole nitrogens is 1. The summed E-state index contributed by atoms with van der Waals surface area (Å²) in [6.45, 7) is 4.77. The summed E-state index contributed by atoms with van der Waals surface area (Å²) >= 11 is 0. The van der Waals surface area contributed by atoms with E-state index in [0.717, 1.165) is 30.1 Å². The number of ether oxygens (including phenoxy) is 1. The van der Waals surface area contributed by atoms with Crippen LogP contribution in [0.5, 0.6) is 5.75 Å². The Balaban J connectivity index is 1.87. The van der Waals surface area contributed by atoms with Gasteiger partial charge in [0.05, 0.1) is 12.3 Å². The third-order valence-corrected chi connectivity index (χ3v) is 3.46. The van der Waals surface area contributed by atoms with Gasteiger partial charge in [-0.2, -0.15) is 5.10 Å². The monoisotopic (exact) mass is 313 g/mol. The number of rotatable bonds is 8. The molecule has 0 aliphatic rings. The van der Waals surface area contributed by atoms with E-state index >= 15 is 0 Å². The number of unbranched alkanes of at least 4 members (excludes halogenated alkanes) is 2. The minimum atomic E-state index is -0.259. The second kappa shape index (κ2) is 8.78. The molecule has 0 bridgehead atoms. The van der Waals surface area contributed by atoms with Crippen molar-refractivity contribution in [2.75, 3.05) is 6.61 Å². The van der Waals surface area contributed by atoms with E-state index in [-0.39, 0.29) is 5.91 Å². The average Bonchev–Trinajstić information content (AvgIpc) is 3.11. The molecule has 2 N–H and O–H groups in total. The highest BCUT2D eigenvalue weighted by atomic mass is 16.5. The average molecular weight is 313 g/mol. The first-order valence-electron chi connectivity index (χ1n) is 7.92. The van der Waals surface area contributed by atoms with Gasteiger partial charge >= 0.3 is 0 Å². The molecular formula is C18H23N3O2. The Morgan fingerprint density at radius 1 is 1.22 bits per heavy atom. The zero-order valence-electron chi connectivity index (χ0n) is 13.6. The molecule has 0 saturated carbocycles. The second-order valence-electron chi connectivity index (χ2n) is 5.30. The van der Waals surface area contributed by atoms with E-state index in [1.165, 1.54) is 12.8 Å². The van der Waals surface area contributed by atoms with Crippen LogP contribution in [0.2, 0.25) is 0 Å². The highest BCUT2D eigenvalue weighted by Crippen LogP contribution is 2.13. The molecule has 1 amide bonds. The molecule has 0 unspecified atom stereocenters. The Morgan fingerprint density at radius 3 is 2.65 bits per heavy atom. The topological polar surface area (TPSA) is 66.5 Å². The Morgan fingerprint density at radius 2 is 2.00 bits per heavy atom. The predicted octanol–water partition coefficient (Wildman–Crippen LogP) is 3.74. The lowest BCUT2D eigenvalue weighted by atomic mass is 10.1. The van der Waals surface area contributed by atoms with Crippen molar-refractivity contribution in [1.82, 2.24) is 10.4 Å². The molecule has 1 aromatic heterocycles. The number of hydrazone groups is 1. The molecule has 0 atom stereocenters. The maximum absolute atomic E-state index is 11.8. The van der Waals surface area contributed by atoms with Crippen LogP contribution in [0, 0.1) is 0 Å². The van der Waals surface area contributed by atoms with Crippen LogP contribution in [0.1, 0.15) is 49.2 Å². The number of nitrogens with zero attached hydrogens (tertiary/aromatic N) is 1. The molecule has 0 spiro atoms. The molecule has 0 aliphatic carbocycles. The molecule has 2 aromatic rings. The van der Waals surface area contributed by atoms with E-state index in [2.05, 4.69) is 22.4 Å². The van der Waals surface area contributed by atoms with Gasteiger partial charge < -0.3 is 9.72 Å². The van der Waals surface area contributed by atoms with Gasteiger partial charge in [-0.25, -0.2) is 5.43 Å². The number of aromatic amines is 1. The zero-order chi connectivity index (χ0) is 16.5. The van der Waals surface area contributed by atoms with Gasteiger partial charge in [0.25, 0.3) is 5.91 Å². The molecule has 0 fully saturated rings. The van der Waals surface area contributed by atoms with Gasteiger partial charge in [-0.05, 0) is 55.3 Å². The largest absolute Gasteiger partial charge is 0.494 e. The highest BCUT2D eigenvalue weighted by Gasteiger charge is 2.05. The number of carbonyl (C=O) groups excluding carboxylic acids is 1. The summed E-state index contributed by atoms with van der Waals surface area (Å²) in [6.07, 6.45) is 5.14. The van der Waals surface area contributed by atoms with Crippen LogP contribution in [0.4, 0.5) is 0 Å². The number of hydrogen-bond donors (Lipinski definition) is 2. The molecular weight excluding hydrogens is 290 g/mol. The van der Waals surface area contributed by atoms with Crippen LogP contribution in [0.15, 0.2) is 47.7 Å². The molecule has 23 heavy (non-hydrogen) atoms. The molecule has 2 rings (SSSR count). The Bertz CT molecular complexity index is 631. The van der Waals surface area contributed by atoms with E-state index in [1.54, 1.807) is 18.3 Å². The summed E-state index contributed by atoms with van der Waals surface area (Å²) in [5.41, 5.74) is 4.70. The summed E-state index contributed by atoms with van der Waals surface area (Å²) in [5, 5.41) is 4.12. The summed E-state index contributed by atoms with van der Waals surface area (Å²) in [4.78, 5) is 14.6. The predicted molar refractivity (Wildman–Crippen MR) is 91.9 cm³/mol. The Kier molecular flexibility index (Phi) is 6.41. The fourth-order valence-corrected chi connectivity index (χ4v) is 2.07. The number of aromatic nitrogens is 1. The number of nitrogens with one attached hydrogen (secondary N) is 2. The maximum Gasteiger partial charge on any atom is 0.287 e.